The molecule has 1 rings (SSSR count). The highest BCUT2D eigenvalue weighted by atomic mass is 32.2. The minimum absolute atomic E-state index is 0.103. The van der Waals surface area contributed by atoms with Gasteiger partial charge in [-0.3, -0.25) is 4.79 Å². The lowest BCUT2D eigenvalue weighted by Crippen LogP contribution is -2.21. The van der Waals surface area contributed by atoms with Gasteiger partial charge < -0.3 is 5.11 Å². The van der Waals surface area contributed by atoms with Crippen molar-refractivity contribution < 1.29 is 9.90 Å². The summed E-state index contributed by atoms with van der Waals surface area (Å²) in [5.74, 6) is 0.841. The Bertz CT molecular complexity index is 110. The van der Waals surface area contributed by atoms with Crippen molar-refractivity contribution in [2.24, 2.45) is 5.92 Å². The van der Waals surface area contributed by atoms with Crippen LogP contribution in [0, 0.1) is 5.92 Å². The number of aliphatic carboxylic acids is 1. The van der Waals surface area contributed by atoms with Crippen LogP contribution in [0.4, 0.5) is 0 Å². The molecule has 0 atom stereocenters. The predicted octanol–water partition coefficient (Wildman–Crippen LogP) is 1.12. The van der Waals surface area contributed by atoms with Crippen molar-refractivity contribution in [3.05, 3.63) is 0 Å². The zero-order valence-electron chi connectivity index (χ0n) is 4.87. The fourth-order valence-corrected chi connectivity index (χ4v) is 3.11. The summed E-state index contributed by atoms with van der Waals surface area (Å²) in [5, 5.41) is 9.57. The lowest BCUT2D eigenvalue weighted by molar-refractivity contribution is -0.140. The number of rotatable bonds is 1. The maximum absolute atomic E-state index is 10.3. The molecule has 0 aromatic rings. The average molecular weight is 164 g/mol. The van der Waals surface area contributed by atoms with Crippen LogP contribution in [0.15, 0.2) is 0 Å². The summed E-state index contributed by atoms with van der Waals surface area (Å²) in [4.78, 5) is 10.3. The standard InChI is InChI=1S/C5H8O2S2/c6-5(7)4-1-8-3-9-2-4/h4H,1-3H2,(H,6,7). The number of carbonyl (C=O) groups is 1. The van der Waals surface area contributed by atoms with Crippen LogP contribution in [0.1, 0.15) is 0 Å². The fourth-order valence-electron chi connectivity index (χ4n) is 0.630. The highest BCUT2D eigenvalue weighted by Gasteiger charge is 2.20. The minimum atomic E-state index is -0.644. The Morgan fingerprint density at radius 1 is 1.44 bits per heavy atom. The summed E-state index contributed by atoms with van der Waals surface area (Å²) in [7, 11) is 0. The third kappa shape index (κ3) is 2.10. The molecule has 1 aliphatic heterocycles. The van der Waals surface area contributed by atoms with E-state index in [4.69, 9.17) is 5.11 Å². The fraction of sp³-hybridized carbons (Fsp3) is 0.800. The second-order valence-electron chi connectivity index (χ2n) is 1.89. The van der Waals surface area contributed by atoms with Crippen molar-refractivity contribution in [2.45, 2.75) is 0 Å². The highest BCUT2D eigenvalue weighted by Crippen LogP contribution is 2.25. The van der Waals surface area contributed by atoms with Gasteiger partial charge in [-0.1, -0.05) is 0 Å². The van der Waals surface area contributed by atoms with E-state index in [0.717, 1.165) is 16.6 Å². The molecule has 0 spiro atoms. The summed E-state index contributed by atoms with van der Waals surface area (Å²) < 4.78 is 0. The molecule has 0 aliphatic carbocycles. The zero-order valence-corrected chi connectivity index (χ0v) is 6.50. The van der Waals surface area contributed by atoms with Gasteiger partial charge in [-0.2, -0.15) is 23.5 Å². The van der Waals surface area contributed by atoms with Gasteiger partial charge in [0.1, 0.15) is 0 Å². The molecule has 0 saturated carbocycles. The molecule has 52 valence electrons. The molecular formula is C5H8O2S2. The Labute approximate surface area is 62.4 Å². The topological polar surface area (TPSA) is 37.3 Å². The van der Waals surface area contributed by atoms with Gasteiger partial charge in [-0.25, -0.2) is 0 Å². The van der Waals surface area contributed by atoms with E-state index >= 15 is 0 Å². The lowest BCUT2D eigenvalue weighted by atomic mass is 10.2. The first kappa shape index (κ1) is 7.28. The van der Waals surface area contributed by atoms with Crippen molar-refractivity contribution in [3.8, 4) is 0 Å². The summed E-state index contributed by atoms with van der Waals surface area (Å²) in [6, 6.07) is 0. The van der Waals surface area contributed by atoms with E-state index in [1.54, 1.807) is 23.5 Å². The summed E-state index contributed by atoms with van der Waals surface area (Å²) in [6.07, 6.45) is 0. The summed E-state index contributed by atoms with van der Waals surface area (Å²) >= 11 is 3.43. The number of hydrogen-bond donors (Lipinski definition) is 1. The van der Waals surface area contributed by atoms with Crippen LogP contribution in [-0.2, 0) is 4.79 Å². The Hall–Kier alpha value is 0.170. The first-order valence-electron chi connectivity index (χ1n) is 2.69. The second kappa shape index (κ2) is 3.37. The number of carboxylic acids is 1. The Morgan fingerprint density at radius 2 is 2.00 bits per heavy atom. The van der Waals surface area contributed by atoms with E-state index in [2.05, 4.69) is 0 Å². The van der Waals surface area contributed by atoms with Crippen molar-refractivity contribution >= 4 is 29.5 Å². The highest BCUT2D eigenvalue weighted by molar-refractivity contribution is 8.16. The van der Waals surface area contributed by atoms with Crippen LogP contribution in [0.2, 0.25) is 0 Å². The van der Waals surface area contributed by atoms with Gasteiger partial charge in [0.05, 0.1) is 5.92 Å². The van der Waals surface area contributed by atoms with Crippen molar-refractivity contribution in [1.82, 2.24) is 0 Å². The quantitative estimate of drug-likeness (QED) is 0.630. The molecule has 1 fully saturated rings. The summed E-state index contributed by atoms with van der Waals surface area (Å²) in [6.45, 7) is 0. The number of carboxylic acid groups (broad SMARTS) is 1. The molecule has 9 heavy (non-hydrogen) atoms. The maximum atomic E-state index is 10.3. The van der Waals surface area contributed by atoms with Gasteiger partial charge in [0.2, 0.25) is 0 Å². The molecule has 0 aromatic carbocycles. The molecule has 4 heteroatoms. The van der Waals surface area contributed by atoms with E-state index in [9.17, 15) is 4.79 Å². The largest absolute Gasteiger partial charge is 0.481 e. The van der Waals surface area contributed by atoms with Crippen molar-refractivity contribution in [2.75, 3.05) is 16.6 Å². The molecule has 1 aliphatic rings. The van der Waals surface area contributed by atoms with Crippen molar-refractivity contribution in [3.63, 3.8) is 0 Å². The molecule has 2 nitrogen and oxygen atoms in total. The Balaban J connectivity index is 2.31. The molecule has 0 amide bonds. The monoisotopic (exact) mass is 164 g/mol. The third-order valence-electron chi connectivity index (χ3n) is 1.15. The van der Waals surface area contributed by atoms with E-state index < -0.39 is 5.97 Å². The van der Waals surface area contributed by atoms with Gasteiger partial charge >= 0.3 is 5.97 Å². The predicted molar refractivity (Wildman–Crippen MR) is 40.9 cm³/mol. The lowest BCUT2D eigenvalue weighted by Gasteiger charge is -2.15. The molecule has 0 unspecified atom stereocenters. The number of thioether (sulfide) groups is 2. The van der Waals surface area contributed by atoms with E-state index in [1.165, 1.54) is 0 Å². The SMILES string of the molecule is O=C(O)C1CSCSC1. The molecule has 1 heterocycles. The zero-order chi connectivity index (χ0) is 6.69. The molecular weight excluding hydrogens is 156 g/mol. The van der Waals surface area contributed by atoms with E-state index in [0.29, 0.717) is 0 Å². The molecule has 0 radical (unpaired) electrons. The normalized spacial score (nSPS) is 21.8. The van der Waals surface area contributed by atoms with Gasteiger partial charge in [-0.15, -0.1) is 0 Å². The van der Waals surface area contributed by atoms with Crippen LogP contribution in [-0.4, -0.2) is 27.7 Å². The molecule has 0 aromatic heterocycles. The Kier molecular flexibility index (Phi) is 2.72. The van der Waals surface area contributed by atoms with Crippen LogP contribution in [0.5, 0.6) is 0 Å². The third-order valence-corrected chi connectivity index (χ3v) is 3.76. The van der Waals surface area contributed by atoms with Gasteiger partial charge in [0.15, 0.2) is 0 Å². The maximum Gasteiger partial charge on any atom is 0.308 e. The first-order chi connectivity index (χ1) is 4.30. The van der Waals surface area contributed by atoms with Gasteiger partial charge in [0.25, 0.3) is 0 Å². The van der Waals surface area contributed by atoms with E-state index in [1.807, 2.05) is 0 Å². The minimum Gasteiger partial charge on any atom is -0.481 e. The molecule has 1 N–H and O–H groups in total. The number of hydrogen-bond acceptors (Lipinski definition) is 3. The second-order valence-corrected chi connectivity index (χ2v) is 4.32. The van der Waals surface area contributed by atoms with Crippen LogP contribution in [0.3, 0.4) is 0 Å². The van der Waals surface area contributed by atoms with Gasteiger partial charge in [-0.05, 0) is 0 Å². The van der Waals surface area contributed by atoms with Crippen molar-refractivity contribution in [1.29, 1.82) is 0 Å². The Morgan fingerprint density at radius 3 is 2.33 bits per heavy atom. The van der Waals surface area contributed by atoms with Crippen LogP contribution >= 0.6 is 23.5 Å². The van der Waals surface area contributed by atoms with Crippen LogP contribution in [0.25, 0.3) is 0 Å². The van der Waals surface area contributed by atoms with Crippen LogP contribution < -0.4 is 0 Å². The van der Waals surface area contributed by atoms with E-state index in [-0.39, 0.29) is 5.92 Å². The van der Waals surface area contributed by atoms with Gasteiger partial charge in [0, 0.05) is 16.6 Å². The smallest absolute Gasteiger partial charge is 0.308 e. The average Bonchev–Trinajstić information content (AvgIpc) is 1.90. The molecule has 1 saturated heterocycles. The first-order valence-corrected chi connectivity index (χ1v) is 5.00. The molecule has 0 bridgehead atoms. The summed E-state index contributed by atoms with van der Waals surface area (Å²) in [5.41, 5.74) is 0.